The maximum Gasteiger partial charge on any atom is 0.246 e. The summed E-state index contributed by atoms with van der Waals surface area (Å²) in [7, 11) is 0. The number of nitrogens with one attached hydrogen (secondary N) is 1. The molecule has 0 aliphatic carbocycles. The summed E-state index contributed by atoms with van der Waals surface area (Å²) < 4.78 is 1.01. The zero-order valence-electron chi connectivity index (χ0n) is 10.9. The minimum absolute atomic E-state index is 0.0707. The molecule has 19 heavy (non-hydrogen) atoms. The third-order valence-corrected chi connectivity index (χ3v) is 3.63. The molecule has 1 fully saturated rings. The van der Waals surface area contributed by atoms with Crippen molar-refractivity contribution in [3.05, 3.63) is 34.3 Å². The number of halogens is 1. The second kappa shape index (κ2) is 6.30. The summed E-state index contributed by atoms with van der Waals surface area (Å²) in [6.07, 6.45) is 1.07. The number of likely N-dealkylation sites (tertiary alicyclic amines) is 1. The predicted octanol–water partition coefficient (Wildman–Crippen LogP) is 2.08. The Morgan fingerprint density at radius 3 is 2.89 bits per heavy atom. The molecule has 5 heteroatoms. The van der Waals surface area contributed by atoms with Crippen LogP contribution in [-0.2, 0) is 16.1 Å². The zero-order valence-corrected chi connectivity index (χ0v) is 12.4. The molecule has 1 heterocycles. The molecule has 0 radical (unpaired) electrons. The molecule has 1 unspecified atom stereocenters. The van der Waals surface area contributed by atoms with Gasteiger partial charge in [-0.1, -0.05) is 35.0 Å². The fourth-order valence-electron chi connectivity index (χ4n) is 2.19. The van der Waals surface area contributed by atoms with Gasteiger partial charge in [-0.25, -0.2) is 0 Å². The van der Waals surface area contributed by atoms with Crippen LogP contribution in [0.25, 0.3) is 0 Å². The van der Waals surface area contributed by atoms with Crippen molar-refractivity contribution in [3.8, 4) is 0 Å². The van der Waals surface area contributed by atoms with E-state index in [0.717, 1.165) is 16.5 Å². The molecule has 1 aromatic rings. The lowest BCUT2D eigenvalue weighted by molar-refractivity contribution is -0.138. The van der Waals surface area contributed by atoms with E-state index < -0.39 is 0 Å². The quantitative estimate of drug-likeness (QED) is 0.843. The maximum absolute atomic E-state index is 12.0. The van der Waals surface area contributed by atoms with Gasteiger partial charge in [0.15, 0.2) is 0 Å². The summed E-state index contributed by atoms with van der Waals surface area (Å²) >= 11 is 3.41. The Balaban J connectivity index is 1.94. The fourth-order valence-corrected chi connectivity index (χ4v) is 2.64. The van der Waals surface area contributed by atoms with E-state index in [4.69, 9.17) is 0 Å². The van der Waals surface area contributed by atoms with Gasteiger partial charge in [-0.2, -0.15) is 0 Å². The molecule has 1 aliphatic rings. The minimum Gasteiger partial charge on any atom is -0.301 e. The second-order valence-corrected chi connectivity index (χ2v) is 5.57. The highest BCUT2D eigenvalue weighted by atomic mass is 79.9. The molecule has 1 aliphatic heterocycles. The van der Waals surface area contributed by atoms with Crippen molar-refractivity contribution in [2.24, 2.45) is 0 Å². The van der Waals surface area contributed by atoms with Crippen LogP contribution < -0.4 is 5.32 Å². The minimum atomic E-state index is -0.377. The first-order chi connectivity index (χ1) is 9.11. The smallest absolute Gasteiger partial charge is 0.246 e. The van der Waals surface area contributed by atoms with Crippen molar-refractivity contribution < 1.29 is 9.59 Å². The van der Waals surface area contributed by atoms with Gasteiger partial charge in [0.05, 0.1) is 12.5 Å². The number of imide groups is 1. The highest BCUT2D eigenvalue weighted by Gasteiger charge is 2.37. The first kappa shape index (κ1) is 14.2. The molecule has 102 valence electrons. The second-order valence-electron chi connectivity index (χ2n) is 4.65. The third-order valence-electron chi connectivity index (χ3n) is 3.13. The van der Waals surface area contributed by atoms with Gasteiger partial charge >= 0.3 is 0 Å². The number of hydrogen-bond donors (Lipinski definition) is 1. The van der Waals surface area contributed by atoms with Gasteiger partial charge in [0.2, 0.25) is 11.8 Å². The first-order valence-corrected chi connectivity index (χ1v) is 7.23. The van der Waals surface area contributed by atoms with Crippen LogP contribution in [0.4, 0.5) is 0 Å². The van der Waals surface area contributed by atoms with E-state index >= 15 is 0 Å². The summed E-state index contributed by atoms with van der Waals surface area (Å²) in [5, 5.41) is 3.16. The number of hydrogen-bond acceptors (Lipinski definition) is 3. The van der Waals surface area contributed by atoms with Crippen LogP contribution in [-0.4, -0.2) is 29.3 Å². The Morgan fingerprint density at radius 1 is 1.42 bits per heavy atom. The number of rotatable bonds is 5. The van der Waals surface area contributed by atoms with Crippen molar-refractivity contribution in [1.82, 2.24) is 10.2 Å². The maximum atomic E-state index is 12.0. The van der Waals surface area contributed by atoms with Gasteiger partial charge in [-0.05, 0) is 24.1 Å². The van der Waals surface area contributed by atoms with Crippen molar-refractivity contribution >= 4 is 27.7 Å². The van der Waals surface area contributed by atoms with E-state index in [-0.39, 0.29) is 24.3 Å². The van der Waals surface area contributed by atoms with Crippen LogP contribution in [0, 0.1) is 0 Å². The topological polar surface area (TPSA) is 49.4 Å². The lowest BCUT2D eigenvalue weighted by atomic mass is 10.2. The Bertz CT molecular complexity index is 490. The van der Waals surface area contributed by atoms with E-state index in [0.29, 0.717) is 13.1 Å². The molecule has 1 saturated heterocycles. The average molecular weight is 325 g/mol. The molecule has 1 aromatic carbocycles. The Hall–Kier alpha value is -1.20. The zero-order chi connectivity index (χ0) is 13.8. The Labute approximate surface area is 121 Å². The van der Waals surface area contributed by atoms with E-state index in [1.165, 1.54) is 4.90 Å². The van der Waals surface area contributed by atoms with Crippen molar-refractivity contribution in [3.63, 3.8) is 0 Å². The van der Waals surface area contributed by atoms with Gasteiger partial charge < -0.3 is 5.32 Å². The molecule has 1 atom stereocenters. The first-order valence-electron chi connectivity index (χ1n) is 6.44. The molecule has 0 saturated carbocycles. The highest BCUT2D eigenvalue weighted by Crippen LogP contribution is 2.15. The van der Waals surface area contributed by atoms with Crippen molar-refractivity contribution in [2.45, 2.75) is 32.4 Å². The standard InChI is InChI=1S/C14H17BrN2O2/c1-2-6-17-13(18)8-12(14(17)19)16-9-10-4-3-5-11(15)7-10/h3-5,7,12,16H,2,6,8-9H2,1H3. The van der Waals surface area contributed by atoms with Gasteiger partial charge in [0, 0.05) is 17.6 Å². The fraction of sp³-hybridized carbons (Fsp3) is 0.429. The number of benzene rings is 1. The number of carbonyl (C=O) groups is 2. The van der Waals surface area contributed by atoms with E-state index in [1.807, 2.05) is 31.2 Å². The normalized spacial score (nSPS) is 19.3. The molecule has 1 N–H and O–H groups in total. The molecule has 2 amide bonds. The SMILES string of the molecule is CCCN1C(=O)CC(NCc2cccc(Br)c2)C1=O. The Kier molecular flexibility index (Phi) is 4.71. The summed E-state index contributed by atoms with van der Waals surface area (Å²) in [5.74, 6) is -0.166. The van der Waals surface area contributed by atoms with Crippen LogP contribution in [0.15, 0.2) is 28.7 Å². The lowest BCUT2D eigenvalue weighted by Crippen LogP contribution is -2.38. The summed E-state index contributed by atoms with van der Waals surface area (Å²) in [4.78, 5) is 25.1. The Morgan fingerprint density at radius 2 is 2.21 bits per heavy atom. The molecular formula is C14H17BrN2O2. The van der Waals surface area contributed by atoms with Crippen LogP contribution in [0.1, 0.15) is 25.3 Å². The van der Waals surface area contributed by atoms with Crippen LogP contribution in [0.3, 0.4) is 0 Å². The van der Waals surface area contributed by atoms with Gasteiger partial charge in [-0.15, -0.1) is 0 Å². The third kappa shape index (κ3) is 3.42. The molecule has 0 bridgehead atoms. The summed E-state index contributed by atoms with van der Waals surface area (Å²) in [6.45, 7) is 3.07. The van der Waals surface area contributed by atoms with Gasteiger partial charge in [0.25, 0.3) is 0 Å². The van der Waals surface area contributed by atoms with Crippen LogP contribution in [0.5, 0.6) is 0 Å². The molecule has 2 rings (SSSR count). The lowest BCUT2D eigenvalue weighted by Gasteiger charge is -2.14. The molecule has 0 aromatic heterocycles. The van der Waals surface area contributed by atoms with E-state index in [9.17, 15) is 9.59 Å². The monoisotopic (exact) mass is 324 g/mol. The summed E-state index contributed by atoms with van der Waals surface area (Å²) in [5.41, 5.74) is 1.09. The molecular weight excluding hydrogens is 308 g/mol. The van der Waals surface area contributed by atoms with Gasteiger partial charge in [-0.3, -0.25) is 14.5 Å². The molecule has 0 spiro atoms. The van der Waals surface area contributed by atoms with Crippen molar-refractivity contribution in [2.75, 3.05) is 6.54 Å². The highest BCUT2D eigenvalue weighted by molar-refractivity contribution is 9.10. The number of nitrogens with zero attached hydrogens (tertiary/aromatic N) is 1. The van der Waals surface area contributed by atoms with Crippen molar-refractivity contribution in [1.29, 1.82) is 0 Å². The van der Waals surface area contributed by atoms with Crippen LogP contribution >= 0.6 is 15.9 Å². The van der Waals surface area contributed by atoms with Gasteiger partial charge in [0.1, 0.15) is 0 Å². The van der Waals surface area contributed by atoms with Crippen LogP contribution in [0.2, 0.25) is 0 Å². The number of carbonyl (C=O) groups excluding carboxylic acids is 2. The number of amides is 2. The van der Waals surface area contributed by atoms with E-state index in [2.05, 4.69) is 21.2 Å². The largest absolute Gasteiger partial charge is 0.301 e. The van der Waals surface area contributed by atoms with E-state index in [1.54, 1.807) is 0 Å². The predicted molar refractivity (Wildman–Crippen MR) is 76.4 cm³/mol. The average Bonchev–Trinajstić information content (AvgIpc) is 2.65. The summed E-state index contributed by atoms with van der Waals surface area (Å²) in [6, 6.07) is 7.52. The molecule has 4 nitrogen and oxygen atoms in total.